The fraction of sp³-hybridized carbons (Fsp3) is 0.222. The van der Waals surface area contributed by atoms with Gasteiger partial charge in [-0.05, 0) is 24.3 Å². The molecule has 0 unspecified atom stereocenters. The molecule has 128 valence electrons. The highest BCUT2D eigenvalue weighted by molar-refractivity contribution is 5.77. The Morgan fingerprint density at radius 3 is 0.958 bits per heavy atom. The molecule has 0 saturated carbocycles. The van der Waals surface area contributed by atoms with Crippen molar-refractivity contribution >= 4 is 12.6 Å². The Labute approximate surface area is 140 Å². The molecule has 0 N–H and O–H groups in total. The van der Waals surface area contributed by atoms with Gasteiger partial charge in [-0.25, -0.2) is 0 Å². The van der Waals surface area contributed by atoms with Crippen molar-refractivity contribution in [3.63, 3.8) is 0 Å². The van der Waals surface area contributed by atoms with E-state index in [1.54, 1.807) is 64.8 Å². The summed E-state index contributed by atoms with van der Waals surface area (Å²) in [5.41, 5.74) is 1.09. The second kappa shape index (κ2) is 9.89. The molecule has 6 heteroatoms. The van der Waals surface area contributed by atoms with Gasteiger partial charge < -0.3 is 18.9 Å². The number of ether oxygens (including phenoxy) is 4. The second-order valence-electron chi connectivity index (χ2n) is 4.53. The van der Waals surface area contributed by atoms with Gasteiger partial charge in [0.25, 0.3) is 0 Å². The Bertz CT molecular complexity index is 577. The SMILES string of the molecule is COc1cc(C=O)cc(OC)c1.COc1cc(C=O)cc(OC)c1. The van der Waals surface area contributed by atoms with Crippen LogP contribution in [0, 0.1) is 0 Å². The summed E-state index contributed by atoms with van der Waals surface area (Å²) < 4.78 is 19.8. The smallest absolute Gasteiger partial charge is 0.150 e. The van der Waals surface area contributed by atoms with Crippen LogP contribution in [0.5, 0.6) is 23.0 Å². The van der Waals surface area contributed by atoms with Crippen molar-refractivity contribution in [2.24, 2.45) is 0 Å². The third-order valence-electron chi connectivity index (χ3n) is 3.02. The van der Waals surface area contributed by atoms with Crippen molar-refractivity contribution in [2.75, 3.05) is 28.4 Å². The minimum absolute atomic E-state index is 0.547. The molecule has 0 aliphatic carbocycles. The molecular formula is C18H20O6. The highest BCUT2D eigenvalue weighted by Crippen LogP contribution is 2.21. The number of aldehydes is 2. The summed E-state index contributed by atoms with van der Waals surface area (Å²) in [6, 6.07) is 10.0. The van der Waals surface area contributed by atoms with Gasteiger partial charge >= 0.3 is 0 Å². The first-order valence-electron chi connectivity index (χ1n) is 6.96. The highest BCUT2D eigenvalue weighted by atomic mass is 16.5. The van der Waals surface area contributed by atoms with E-state index >= 15 is 0 Å². The van der Waals surface area contributed by atoms with Gasteiger partial charge in [0.2, 0.25) is 0 Å². The maximum absolute atomic E-state index is 10.4. The molecule has 0 atom stereocenters. The van der Waals surface area contributed by atoms with Gasteiger partial charge in [-0.3, -0.25) is 9.59 Å². The fourth-order valence-corrected chi connectivity index (χ4v) is 1.79. The number of carbonyl (C=O) groups is 2. The van der Waals surface area contributed by atoms with Crippen LogP contribution in [0.25, 0.3) is 0 Å². The molecule has 0 aliphatic heterocycles. The molecular weight excluding hydrogens is 312 g/mol. The monoisotopic (exact) mass is 332 g/mol. The average Bonchev–Trinajstić information content (AvgIpc) is 2.67. The van der Waals surface area contributed by atoms with E-state index in [1.807, 2.05) is 0 Å². The quantitative estimate of drug-likeness (QED) is 0.757. The number of benzene rings is 2. The third-order valence-corrected chi connectivity index (χ3v) is 3.02. The summed E-state index contributed by atoms with van der Waals surface area (Å²) in [4.78, 5) is 20.9. The highest BCUT2D eigenvalue weighted by Gasteiger charge is 2.00. The zero-order valence-electron chi connectivity index (χ0n) is 14.1. The summed E-state index contributed by atoms with van der Waals surface area (Å²) in [6.07, 6.45) is 1.51. The second-order valence-corrected chi connectivity index (χ2v) is 4.53. The van der Waals surface area contributed by atoms with Crippen molar-refractivity contribution in [1.29, 1.82) is 0 Å². The maximum Gasteiger partial charge on any atom is 0.150 e. The molecule has 0 aliphatic rings. The van der Waals surface area contributed by atoms with E-state index < -0.39 is 0 Å². The molecule has 24 heavy (non-hydrogen) atoms. The number of rotatable bonds is 6. The largest absolute Gasteiger partial charge is 0.497 e. The molecule has 0 aromatic heterocycles. The average molecular weight is 332 g/mol. The van der Waals surface area contributed by atoms with Crippen LogP contribution in [0.1, 0.15) is 20.7 Å². The molecule has 0 spiro atoms. The lowest BCUT2D eigenvalue weighted by Gasteiger charge is -2.04. The molecule has 0 fully saturated rings. The van der Waals surface area contributed by atoms with Gasteiger partial charge in [0.05, 0.1) is 28.4 Å². The van der Waals surface area contributed by atoms with Gasteiger partial charge in [-0.15, -0.1) is 0 Å². The molecule has 2 rings (SSSR count). The molecule has 2 aromatic rings. The zero-order valence-corrected chi connectivity index (χ0v) is 14.1. The lowest BCUT2D eigenvalue weighted by molar-refractivity contribution is 0.111. The number of carbonyl (C=O) groups excluding carboxylic acids is 2. The van der Waals surface area contributed by atoms with Gasteiger partial charge in [-0.2, -0.15) is 0 Å². The predicted molar refractivity (Wildman–Crippen MR) is 89.9 cm³/mol. The first kappa shape index (κ1) is 19.0. The van der Waals surface area contributed by atoms with Crippen LogP contribution < -0.4 is 18.9 Å². The number of hydrogen-bond acceptors (Lipinski definition) is 6. The lowest BCUT2D eigenvalue weighted by atomic mass is 10.2. The van der Waals surface area contributed by atoms with E-state index in [9.17, 15) is 9.59 Å². The van der Waals surface area contributed by atoms with E-state index in [1.165, 1.54) is 0 Å². The van der Waals surface area contributed by atoms with Crippen LogP contribution in [0.3, 0.4) is 0 Å². The van der Waals surface area contributed by atoms with E-state index in [4.69, 9.17) is 18.9 Å². The fourth-order valence-electron chi connectivity index (χ4n) is 1.79. The Balaban J connectivity index is 0.000000240. The molecule has 0 saturated heterocycles. The van der Waals surface area contributed by atoms with Gasteiger partial charge in [0.15, 0.2) is 0 Å². The summed E-state index contributed by atoms with van der Waals surface area (Å²) in [5.74, 6) is 2.49. The van der Waals surface area contributed by atoms with Crippen molar-refractivity contribution < 1.29 is 28.5 Å². The summed E-state index contributed by atoms with van der Waals surface area (Å²) in [6.45, 7) is 0. The van der Waals surface area contributed by atoms with Crippen molar-refractivity contribution in [3.8, 4) is 23.0 Å². The Hall–Kier alpha value is -3.02. The Morgan fingerprint density at radius 1 is 0.542 bits per heavy atom. The molecule has 0 bridgehead atoms. The normalized spacial score (nSPS) is 9.17. The van der Waals surface area contributed by atoms with Crippen molar-refractivity contribution in [2.45, 2.75) is 0 Å². The van der Waals surface area contributed by atoms with Crippen molar-refractivity contribution in [3.05, 3.63) is 47.5 Å². The first-order valence-corrected chi connectivity index (χ1v) is 6.96. The van der Waals surface area contributed by atoms with E-state index in [2.05, 4.69) is 0 Å². The van der Waals surface area contributed by atoms with Crippen LogP contribution in [0.4, 0.5) is 0 Å². The molecule has 2 aromatic carbocycles. The van der Waals surface area contributed by atoms with Crippen LogP contribution in [0.2, 0.25) is 0 Å². The van der Waals surface area contributed by atoms with Gasteiger partial charge in [-0.1, -0.05) is 0 Å². The van der Waals surface area contributed by atoms with Crippen LogP contribution in [-0.4, -0.2) is 41.0 Å². The van der Waals surface area contributed by atoms with Crippen LogP contribution in [0.15, 0.2) is 36.4 Å². The van der Waals surface area contributed by atoms with Gasteiger partial charge in [0.1, 0.15) is 35.6 Å². The van der Waals surface area contributed by atoms with Crippen LogP contribution >= 0.6 is 0 Å². The van der Waals surface area contributed by atoms with E-state index in [0.29, 0.717) is 34.1 Å². The number of hydrogen-bond donors (Lipinski definition) is 0. The Morgan fingerprint density at radius 2 is 0.792 bits per heavy atom. The maximum atomic E-state index is 10.4. The summed E-state index contributed by atoms with van der Waals surface area (Å²) in [7, 11) is 6.18. The van der Waals surface area contributed by atoms with Crippen LogP contribution in [-0.2, 0) is 0 Å². The molecule has 0 amide bonds. The minimum atomic E-state index is 0.547. The van der Waals surface area contributed by atoms with Crippen molar-refractivity contribution in [1.82, 2.24) is 0 Å². The lowest BCUT2D eigenvalue weighted by Crippen LogP contribution is -1.89. The molecule has 0 radical (unpaired) electrons. The predicted octanol–water partition coefficient (Wildman–Crippen LogP) is 3.03. The third kappa shape index (κ3) is 5.64. The molecule has 0 heterocycles. The summed E-state index contributed by atoms with van der Waals surface area (Å²) in [5, 5.41) is 0. The van der Waals surface area contributed by atoms with E-state index in [-0.39, 0.29) is 0 Å². The standard InChI is InChI=1S/2C9H10O3/c2*1-11-8-3-7(6-10)4-9(5-8)12-2/h2*3-6H,1-2H3. The summed E-state index contributed by atoms with van der Waals surface area (Å²) >= 11 is 0. The van der Waals surface area contributed by atoms with E-state index in [0.717, 1.165) is 12.6 Å². The number of methoxy groups -OCH3 is 4. The zero-order chi connectivity index (χ0) is 17.9. The molecule has 6 nitrogen and oxygen atoms in total. The van der Waals surface area contributed by atoms with Gasteiger partial charge in [0, 0.05) is 23.3 Å². The Kier molecular flexibility index (Phi) is 7.84. The minimum Gasteiger partial charge on any atom is -0.497 e. The topological polar surface area (TPSA) is 71.1 Å². The first-order chi connectivity index (χ1) is 11.6.